The summed E-state index contributed by atoms with van der Waals surface area (Å²) in [6.45, 7) is 9.51. The molecule has 0 radical (unpaired) electrons. The lowest BCUT2D eigenvalue weighted by Crippen LogP contribution is -2.38. The first-order chi connectivity index (χ1) is 6.00. The molecule has 0 aliphatic heterocycles. The highest BCUT2D eigenvalue weighted by atomic mass is 28.3. The third kappa shape index (κ3) is 3.28. The normalized spacial score (nSPS) is 14.5. The zero-order chi connectivity index (χ0) is 9.90. The van der Waals surface area contributed by atoms with Crippen molar-refractivity contribution in [1.29, 1.82) is 0 Å². The molecule has 0 N–H and O–H groups in total. The molecule has 0 amide bonds. The molecule has 0 saturated heterocycles. The minimum Gasteiger partial charge on any atom is -0.360 e. The Morgan fingerprint density at radius 1 is 1.46 bits per heavy atom. The zero-order valence-electron chi connectivity index (χ0n) is 8.69. The van der Waals surface area contributed by atoms with Crippen LogP contribution in [0.1, 0.15) is 6.92 Å². The van der Waals surface area contributed by atoms with Gasteiger partial charge in [-0.25, -0.2) is 4.68 Å². The van der Waals surface area contributed by atoms with Crippen molar-refractivity contribution in [1.82, 2.24) is 15.0 Å². The van der Waals surface area contributed by atoms with Crippen molar-refractivity contribution >= 4 is 8.07 Å². The van der Waals surface area contributed by atoms with E-state index in [0.717, 1.165) is 0 Å². The van der Waals surface area contributed by atoms with Gasteiger partial charge in [0, 0.05) is 11.9 Å². The Labute approximate surface area is 79.9 Å². The van der Waals surface area contributed by atoms with Gasteiger partial charge in [0.15, 0.2) is 0 Å². The van der Waals surface area contributed by atoms with Gasteiger partial charge in [-0.1, -0.05) is 24.9 Å². The van der Waals surface area contributed by atoms with Crippen LogP contribution >= 0.6 is 0 Å². The van der Waals surface area contributed by atoms with E-state index in [-0.39, 0.29) is 0 Å². The first-order valence-electron chi connectivity index (χ1n) is 4.46. The highest BCUT2D eigenvalue weighted by Crippen LogP contribution is 2.10. The fourth-order valence-corrected chi connectivity index (χ4v) is 1.31. The second kappa shape index (κ2) is 4.02. The summed E-state index contributed by atoms with van der Waals surface area (Å²) in [6.07, 6.45) is 3.46. The Morgan fingerprint density at radius 3 is 2.62 bits per heavy atom. The van der Waals surface area contributed by atoms with E-state index in [0.29, 0.717) is 12.5 Å². The number of hydrogen-bond acceptors (Lipinski definition) is 3. The average Bonchev–Trinajstić information content (AvgIpc) is 2.50. The van der Waals surface area contributed by atoms with Crippen LogP contribution in [0.25, 0.3) is 0 Å². The molecule has 1 aromatic rings. The second-order valence-electron chi connectivity index (χ2n) is 4.25. The summed E-state index contributed by atoms with van der Waals surface area (Å²) < 4.78 is 7.36. The number of aromatic nitrogens is 3. The first-order valence-corrected chi connectivity index (χ1v) is 8.03. The summed E-state index contributed by atoms with van der Waals surface area (Å²) in [5.41, 5.74) is 0.344. The third-order valence-electron chi connectivity index (χ3n) is 2.15. The van der Waals surface area contributed by atoms with E-state index in [1.54, 1.807) is 17.1 Å². The van der Waals surface area contributed by atoms with Gasteiger partial charge in [-0.3, -0.25) is 0 Å². The molecule has 5 heteroatoms. The molecule has 0 aromatic carbocycles. The van der Waals surface area contributed by atoms with Crippen molar-refractivity contribution in [2.45, 2.75) is 39.0 Å². The van der Waals surface area contributed by atoms with Crippen molar-refractivity contribution in [3.8, 4) is 0 Å². The monoisotopic (exact) mass is 199 g/mol. The van der Waals surface area contributed by atoms with Crippen molar-refractivity contribution in [3.05, 3.63) is 12.4 Å². The van der Waals surface area contributed by atoms with E-state index in [4.69, 9.17) is 4.74 Å². The molecule has 1 rings (SSSR count). The number of hydrogen-bond donors (Lipinski definition) is 0. The van der Waals surface area contributed by atoms with Crippen LogP contribution in [0.3, 0.4) is 0 Å². The molecule has 74 valence electrons. The maximum absolute atomic E-state index is 5.67. The lowest BCUT2D eigenvalue weighted by molar-refractivity contribution is 0.0479. The van der Waals surface area contributed by atoms with E-state index in [1.165, 1.54) is 0 Å². The zero-order valence-corrected chi connectivity index (χ0v) is 9.69. The second-order valence-corrected chi connectivity index (χ2v) is 9.79. The summed E-state index contributed by atoms with van der Waals surface area (Å²) >= 11 is 0. The molecule has 0 saturated carbocycles. The van der Waals surface area contributed by atoms with E-state index in [2.05, 4.69) is 36.9 Å². The summed E-state index contributed by atoms with van der Waals surface area (Å²) in [5, 5.41) is 7.53. The Morgan fingerprint density at radius 2 is 2.15 bits per heavy atom. The SMILES string of the molecule is CC(OCn1ccnn1)[Si](C)(C)C. The van der Waals surface area contributed by atoms with Crippen molar-refractivity contribution in [2.75, 3.05) is 0 Å². The third-order valence-corrected chi connectivity index (χ3v) is 4.75. The first kappa shape index (κ1) is 10.4. The lowest BCUT2D eigenvalue weighted by atomic mass is 10.8. The van der Waals surface area contributed by atoms with Crippen LogP contribution in [0.5, 0.6) is 0 Å². The quantitative estimate of drug-likeness (QED) is 0.690. The maximum atomic E-state index is 5.67. The van der Waals surface area contributed by atoms with Gasteiger partial charge in [-0.2, -0.15) is 0 Å². The highest BCUT2D eigenvalue weighted by molar-refractivity contribution is 6.77. The van der Waals surface area contributed by atoms with Crippen molar-refractivity contribution in [2.24, 2.45) is 0 Å². The lowest BCUT2D eigenvalue weighted by Gasteiger charge is -2.24. The Balaban J connectivity index is 2.35. The van der Waals surface area contributed by atoms with Gasteiger partial charge in [-0.05, 0) is 6.92 Å². The van der Waals surface area contributed by atoms with Gasteiger partial charge in [0.2, 0.25) is 0 Å². The topological polar surface area (TPSA) is 39.9 Å². The molecule has 1 aromatic heterocycles. The van der Waals surface area contributed by atoms with Crippen LogP contribution in [0.15, 0.2) is 12.4 Å². The highest BCUT2D eigenvalue weighted by Gasteiger charge is 2.22. The predicted molar refractivity (Wildman–Crippen MR) is 53.9 cm³/mol. The van der Waals surface area contributed by atoms with Crippen LogP contribution < -0.4 is 0 Å². The molecule has 0 spiro atoms. The van der Waals surface area contributed by atoms with Crippen molar-refractivity contribution < 1.29 is 4.74 Å². The molecule has 1 heterocycles. The Bertz CT molecular complexity index is 242. The van der Waals surface area contributed by atoms with E-state index in [9.17, 15) is 0 Å². The minimum absolute atomic E-state index is 0.344. The summed E-state index contributed by atoms with van der Waals surface area (Å²) in [5.74, 6) is 0. The molecular weight excluding hydrogens is 182 g/mol. The van der Waals surface area contributed by atoms with E-state index in [1.807, 2.05) is 0 Å². The minimum atomic E-state index is -1.18. The van der Waals surface area contributed by atoms with Gasteiger partial charge in [0.1, 0.15) is 6.73 Å². The molecule has 0 fully saturated rings. The molecular formula is C8H17N3OSi. The molecule has 1 unspecified atom stereocenters. The molecule has 0 bridgehead atoms. The van der Waals surface area contributed by atoms with E-state index >= 15 is 0 Å². The van der Waals surface area contributed by atoms with Crippen molar-refractivity contribution in [3.63, 3.8) is 0 Å². The molecule has 13 heavy (non-hydrogen) atoms. The largest absolute Gasteiger partial charge is 0.360 e. The maximum Gasteiger partial charge on any atom is 0.140 e. The van der Waals surface area contributed by atoms with Crippen LogP contribution in [-0.4, -0.2) is 28.8 Å². The fraction of sp³-hybridized carbons (Fsp3) is 0.750. The van der Waals surface area contributed by atoms with Gasteiger partial charge in [0.25, 0.3) is 0 Å². The standard InChI is InChI=1S/C8H17N3OSi/c1-8(13(2,3)4)12-7-11-6-5-9-10-11/h5-6,8H,7H2,1-4H3. The van der Waals surface area contributed by atoms with E-state index < -0.39 is 8.07 Å². The number of nitrogens with zero attached hydrogens (tertiary/aromatic N) is 3. The molecule has 4 nitrogen and oxygen atoms in total. The smallest absolute Gasteiger partial charge is 0.140 e. The summed E-state index contributed by atoms with van der Waals surface area (Å²) in [6, 6.07) is 0. The summed E-state index contributed by atoms with van der Waals surface area (Å²) in [7, 11) is -1.18. The summed E-state index contributed by atoms with van der Waals surface area (Å²) in [4.78, 5) is 0. The Hall–Kier alpha value is -0.683. The van der Waals surface area contributed by atoms with Gasteiger partial charge in [0.05, 0.1) is 14.3 Å². The average molecular weight is 199 g/mol. The van der Waals surface area contributed by atoms with Crippen LogP contribution in [-0.2, 0) is 11.5 Å². The molecule has 1 atom stereocenters. The molecule has 0 aliphatic carbocycles. The van der Waals surface area contributed by atoms with Gasteiger partial charge in [-0.15, -0.1) is 5.10 Å². The van der Waals surface area contributed by atoms with Crippen LogP contribution in [0.4, 0.5) is 0 Å². The van der Waals surface area contributed by atoms with Gasteiger partial charge < -0.3 is 4.74 Å². The number of ether oxygens (including phenoxy) is 1. The van der Waals surface area contributed by atoms with Gasteiger partial charge >= 0.3 is 0 Å². The predicted octanol–water partition coefficient (Wildman–Crippen LogP) is 1.52. The van der Waals surface area contributed by atoms with Crippen LogP contribution in [0.2, 0.25) is 19.6 Å². The van der Waals surface area contributed by atoms with Crippen LogP contribution in [0, 0.1) is 0 Å². The molecule has 0 aliphatic rings. The Kier molecular flexibility index (Phi) is 3.21. The number of rotatable bonds is 4. The fourth-order valence-electron chi connectivity index (χ4n) is 0.740.